The summed E-state index contributed by atoms with van der Waals surface area (Å²) in [6.45, 7) is 10.1. The van der Waals surface area contributed by atoms with Crippen LogP contribution in [-0.2, 0) is 14.2 Å². The minimum absolute atomic E-state index is 0.413. The van der Waals surface area contributed by atoms with Gasteiger partial charge >= 0.3 is 0 Å². The highest BCUT2D eigenvalue weighted by Crippen LogP contribution is 2.25. The molecule has 3 heteroatoms. The molecule has 0 aliphatic carbocycles. The summed E-state index contributed by atoms with van der Waals surface area (Å²) in [7, 11) is 1.61. The molecule has 15 heavy (non-hydrogen) atoms. The van der Waals surface area contributed by atoms with Crippen LogP contribution in [0.4, 0.5) is 0 Å². The molecule has 0 atom stereocenters. The van der Waals surface area contributed by atoms with Crippen molar-refractivity contribution < 1.29 is 14.2 Å². The Morgan fingerprint density at radius 2 is 1.87 bits per heavy atom. The third-order valence-electron chi connectivity index (χ3n) is 2.20. The van der Waals surface area contributed by atoms with E-state index in [9.17, 15) is 0 Å². The lowest BCUT2D eigenvalue weighted by molar-refractivity contribution is -0.292. The standard InChI is InChI=1S/C12H18O3/c1-10(2)6-7-12(13-5)8-14-11(3,4)15-9-12/h1,8-9H2,2-5H3. The molecule has 3 nitrogen and oxygen atoms in total. The first-order valence-electron chi connectivity index (χ1n) is 4.91. The summed E-state index contributed by atoms with van der Waals surface area (Å²) in [4.78, 5) is 0. The molecule has 1 saturated heterocycles. The zero-order valence-electron chi connectivity index (χ0n) is 9.85. The van der Waals surface area contributed by atoms with Crippen LogP contribution >= 0.6 is 0 Å². The summed E-state index contributed by atoms with van der Waals surface area (Å²) in [5.74, 6) is 5.36. The van der Waals surface area contributed by atoms with E-state index in [4.69, 9.17) is 14.2 Å². The van der Waals surface area contributed by atoms with E-state index in [2.05, 4.69) is 18.4 Å². The van der Waals surface area contributed by atoms with Crippen LogP contribution in [0, 0.1) is 11.8 Å². The molecule has 0 saturated carbocycles. The van der Waals surface area contributed by atoms with E-state index in [1.807, 2.05) is 20.8 Å². The van der Waals surface area contributed by atoms with Gasteiger partial charge in [-0.1, -0.05) is 18.4 Å². The zero-order chi connectivity index (χ0) is 11.5. The molecule has 1 heterocycles. The highest BCUT2D eigenvalue weighted by molar-refractivity contribution is 5.28. The van der Waals surface area contributed by atoms with E-state index in [-0.39, 0.29) is 0 Å². The number of rotatable bonds is 1. The lowest BCUT2D eigenvalue weighted by Crippen LogP contribution is -2.51. The summed E-state index contributed by atoms with van der Waals surface area (Å²) >= 11 is 0. The average molecular weight is 210 g/mol. The Bertz CT molecular complexity index is 297. The van der Waals surface area contributed by atoms with Gasteiger partial charge in [0.05, 0.1) is 13.2 Å². The number of ether oxygens (including phenoxy) is 3. The van der Waals surface area contributed by atoms with Gasteiger partial charge in [-0.2, -0.15) is 0 Å². The van der Waals surface area contributed by atoms with Gasteiger partial charge in [-0.05, 0) is 26.3 Å². The van der Waals surface area contributed by atoms with Crippen molar-refractivity contribution in [3.8, 4) is 11.8 Å². The Morgan fingerprint density at radius 1 is 1.33 bits per heavy atom. The molecular weight excluding hydrogens is 192 g/mol. The molecule has 84 valence electrons. The fourth-order valence-electron chi connectivity index (χ4n) is 1.13. The maximum atomic E-state index is 5.53. The monoisotopic (exact) mass is 210 g/mol. The molecule has 1 aliphatic heterocycles. The van der Waals surface area contributed by atoms with Crippen molar-refractivity contribution in [2.75, 3.05) is 20.3 Å². The molecule has 0 spiro atoms. The molecule has 0 N–H and O–H groups in total. The van der Waals surface area contributed by atoms with E-state index in [1.165, 1.54) is 0 Å². The summed E-state index contributed by atoms with van der Waals surface area (Å²) in [5, 5.41) is 0. The molecule has 1 fully saturated rings. The molecule has 0 aromatic rings. The maximum absolute atomic E-state index is 5.53. The predicted molar refractivity (Wildman–Crippen MR) is 58.3 cm³/mol. The molecule has 1 aliphatic rings. The smallest absolute Gasteiger partial charge is 0.174 e. The van der Waals surface area contributed by atoms with Crippen LogP contribution in [0.25, 0.3) is 0 Å². The highest BCUT2D eigenvalue weighted by atomic mass is 16.7. The number of hydrogen-bond donors (Lipinski definition) is 0. The second-order valence-corrected chi connectivity index (χ2v) is 4.21. The van der Waals surface area contributed by atoms with Crippen LogP contribution in [0.5, 0.6) is 0 Å². The zero-order valence-corrected chi connectivity index (χ0v) is 9.85. The van der Waals surface area contributed by atoms with Crippen LogP contribution in [0.2, 0.25) is 0 Å². The minimum Gasteiger partial charge on any atom is -0.361 e. The fourth-order valence-corrected chi connectivity index (χ4v) is 1.13. The van der Waals surface area contributed by atoms with Gasteiger partial charge in [0.25, 0.3) is 0 Å². The van der Waals surface area contributed by atoms with Crippen LogP contribution < -0.4 is 0 Å². The first kappa shape index (κ1) is 12.3. The van der Waals surface area contributed by atoms with Crippen LogP contribution in [0.3, 0.4) is 0 Å². The van der Waals surface area contributed by atoms with E-state index < -0.39 is 11.4 Å². The van der Waals surface area contributed by atoms with Gasteiger partial charge in [-0.3, -0.25) is 0 Å². The quantitative estimate of drug-likeness (QED) is 0.617. The van der Waals surface area contributed by atoms with Gasteiger partial charge in [0.2, 0.25) is 0 Å². The van der Waals surface area contributed by atoms with E-state index in [0.29, 0.717) is 13.2 Å². The van der Waals surface area contributed by atoms with Gasteiger partial charge in [-0.25, -0.2) is 0 Å². The van der Waals surface area contributed by atoms with Crippen molar-refractivity contribution in [1.82, 2.24) is 0 Å². The predicted octanol–water partition coefficient (Wildman–Crippen LogP) is 1.73. The van der Waals surface area contributed by atoms with Crippen molar-refractivity contribution >= 4 is 0 Å². The highest BCUT2D eigenvalue weighted by Gasteiger charge is 2.39. The van der Waals surface area contributed by atoms with Gasteiger partial charge in [-0.15, -0.1) is 0 Å². The molecule has 1 rings (SSSR count). The topological polar surface area (TPSA) is 27.7 Å². The minimum atomic E-state index is -0.658. The van der Waals surface area contributed by atoms with Crippen molar-refractivity contribution in [3.63, 3.8) is 0 Å². The molecule has 0 unspecified atom stereocenters. The summed E-state index contributed by atoms with van der Waals surface area (Å²) in [6.07, 6.45) is 0. The number of methoxy groups -OCH3 is 1. The van der Waals surface area contributed by atoms with Crippen LogP contribution in [-0.4, -0.2) is 31.7 Å². The van der Waals surface area contributed by atoms with Gasteiger partial charge in [0.1, 0.15) is 0 Å². The van der Waals surface area contributed by atoms with Gasteiger partial charge < -0.3 is 14.2 Å². The molecule has 0 amide bonds. The normalized spacial score (nSPS) is 22.7. The van der Waals surface area contributed by atoms with Crippen molar-refractivity contribution in [1.29, 1.82) is 0 Å². The van der Waals surface area contributed by atoms with E-state index in [0.717, 1.165) is 5.57 Å². The molecule has 0 bridgehead atoms. The maximum Gasteiger partial charge on any atom is 0.174 e. The first-order valence-corrected chi connectivity index (χ1v) is 4.91. The average Bonchev–Trinajstić information content (AvgIpc) is 2.17. The Hall–Kier alpha value is -0.820. The fraction of sp³-hybridized carbons (Fsp3) is 0.667. The Balaban J connectivity index is 2.74. The van der Waals surface area contributed by atoms with Crippen LogP contribution in [0.1, 0.15) is 20.8 Å². The van der Waals surface area contributed by atoms with Gasteiger partial charge in [0.15, 0.2) is 11.4 Å². The second kappa shape index (κ2) is 4.36. The second-order valence-electron chi connectivity index (χ2n) is 4.21. The van der Waals surface area contributed by atoms with Gasteiger partial charge in [0, 0.05) is 7.11 Å². The first-order chi connectivity index (χ1) is 6.89. The Morgan fingerprint density at radius 3 is 2.27 bits per heavy atom. The van der Waals surface area contributed by atoms with Crippen molar-refractivity contribution in [2.24, 2.45) is 0 Å². The summed E-state index contributed by atoms with van der Waals surface area (Å²) in [5.41, 5.74) is 0.144. The number of allylic oxidation sites excluding steroid dienone is 1. The lowest BCUT2D eigenvalue weighted by atomic mass is 10.1. The number of hydrogen-bond acceptors (Lipinski definition) is 3. The molecule has 0 aromatic carbocycles. The summed E-state index contributed by atoms with van der Waals surface area (Å²) in [6, 6.07) is 0. The molecule has 0 aromatic heterocycles. The molecule has 0 radical (unpaired) electrons. The third-order valence-corrected chi connectivity index (χ3v) is 2.20. The van der Waals surface area contributed by atoms with E-state index in [1.54, 1.807) is 7.11 Å². The third kappa shape index (κ3) is 3.35. The lowest BCUT2D eigenvalue weighted by Gasteiger charge is -2.39. The largest absolute Gasteiger partial charge is 0.361 e. The van der Waals surface area contributed by atoms with Crippen LogP contribution in [0.15, 0.2) is 12.2 Å². The summed E-state index contributed by atoms with van der Waals surface area (Å²) < 4.78 is 16.4. The van der Waals surface area contributed by atoms with Crippen molar-refractivity contribution in [2.45, 2.75) is 32.2 Å². The Labute approximate surface area is 91.4 Å². The van der Waals surface area contributed by atoms with E-state index >= 15 is 0 Å². The SMILES string of the molecule is C=C(C)C#CC1(OC)COC(C)(C)OC1. The Kier molecular flexibility index (Phi) is 3.56. The van der Waals surface area contributed by atoms with Crippen molar-refractivity contribution in [3.05, 3.63) is 12.2 Å². The molecular formula is C12H18O3.